The third-order valence-corrected chi connectivity index (χ3v) is 4.48. The van der Waals surface area contributed by atoms with Crippen LogP contribution in [-0.2, 0) is 22.6 Å². The van der Waals surface area contributed by atoms with E-state index in [0.717, 1.165) is 16.9 Å². The molecule has 2 amide bonds. The van der Waals surface area contributed by atoms with Crippen molar-refractivity contribution in [1.29, 1.82) is 0 Å². The molecule has 1 heterocycles. The van der Waals surface area contributed by atoms with Crippen molar-refractivity contribution >= 4 is 23.4 Å². The molecule has 124 valence electrons. The fraction of sp³-hybridized carbons (Fsp3) is 0.263. The number of hydrogen-bond donors (Lipinski definition) is 0. The van der Waals surface area contributed by atoms with Crippen LogP contribution in [0.3, 0.4) is 0 Å². The van der Waals surface area contributed by atoms with Crippen LogP contribution in [0, 0.1) is 5.92 Å². The molecule has 1 aliphatic rings. The Bertz CT molecular complexity index is 740. The first-order chi connectivity index (χ1) is 11.6. The molecule has 3 rings (SSSR count). The molecule has 24 heavy (non-hydrogen) atoms. The Balaban J connectivity index is 1.67. The molecule has 4 nitrogen and oxygen atoms in total. The van der Waals surface area contributed by atoms with Gasteiger partial charge in [-0.25, -0.2) is 0 Å². The van der Waals surface area contributed by atoms with E-state index in [1.165, 1.54) is 4.90 Å². The fourth-order valence-corrected chi connectivity index (χ4v) is 3.02. The van der Waals surface area contributed by atoms with Crippen molar-refractivity contribution in [3.05, 3.63) is 64.7 Å². The second-order valence-electron chi connectivity index (χ2n) is 5.90. The van der Waals surface area contributed by atoms with Crippen LogP contribution in [0.1, 0.15) is 17.5 Å². The van der Waals surface area contributed by atoms with Crippen molar-refractivity contribution in [3.8, 4) is 5.75 Å². The first-order valence-corrected chi connectivity index (χ1v) is 8.16. The Morgan fingerprint density at radius 2 is 1.67 bits per heavy atom. The number of halogens is 1. The van der Waals surface area contributed by atoms with Crippen LogP contribution in [0.5, 0.6) is 5.75 Å². The van der Waals surface area contributed by atoms with E-state index in [9.17, 15) is 9.59 Å². The van der Waals surface area contributed by atoms with Gasteiger partial charge in [-0.1, -0.05) is 35.9 Å². The maximum atomic E-state index is 12.6. The maximum absolute atomic E-state index is 12.6. The van der Waals surface area contributed by atoms with Gasteiger partial charge in [0.15, 0.2) is 0 Å². The minimum absolute atomic E-state index is 0.106. The van der Waals surface area contributed by atoms with Crippen LogP contribution in [0.2, 0.25) is 5.02 Å². The van der Waals surface area contributed by atoms with Gasteiger partial charge in [0.1, 0.15) is 5.75 Å². The minimum atomic E-state index is -0.295. The first-order valence-electron chi connectivity index (χ1n) is 7.78. The van der Waals surface area contributed by atoms with Crippen molar-refractivity contribution < 1.29 is 14.3 Å². The highest BCUT2D eigenvalue weighted by Crippen LogP contribution is 2.26. The quantitative estimate of drug-likeness (QED) is 0.781. The van der Waals surface area contributed by atoms with Gasteiger partial charge in [-0.05, 0) is 41.8 Å². The van der Waals surface area contributed by atoms with Gasteiger partial charge >= 0.3 is 0 Å². The third-order valence-electron chi connectivity index (χ3n) is 4.23. The molecule has 0 N–H and O–H groups in total. The zero-order valence-electron chi connectivity index (χ0n) is 13.4. The summed E-state index contributed by atoms with van der Waals surface area (Å²) in [5.74, 6) is 0.232. The van der Waals surface area contributed by atoms with Gasteiger partial charge in [-0.15, -0.1) is 0 Å². The number of likely N-dealkylation sites (tertiary alicyclic amines) is 1. The number of nitrogens with zero attached hydrogens (tertiary/aromatic N) is 1. The second kappa shape index (κ2) is 7.05. The van der Waals surface area contributed by atoms with E-state index in [0.29, 0.717) is 18.0 Å². The molecule has 0 saturated carbocycles. The van der Waals surface area contributed by atoms with E-state index < -0.39 is 0 Å². The van der Waals surface area contributed by atoms with Crippen LogP contribution in [-0.4, -0.2) is 23.8 Å². The molecule has 1 fully saturated rings. The lowest BCUT2D eigenvalue weighted by atomic mass is 9.98. The summed E-state index contributed by atoms with van der Waals surface area (Å²) in [5, 5.41) is 0.661. The van der Waals surface area contributed by atoms with Crippen LogP contribution in [0.15, 0.2) is 48.5 Å². The van der Waals surface area contributed by atoms with Gasteiger partial charge in [0.2, 0.25) is 11.8 Å². The Hall–Kier alpha value is -2.33. The zero-order chi connectivity index (χ0) is 17.1. The predicted molar refractivity (Wildman–Crippen MR) is 91.8 cm³/mol. The molecule has 5 heteroatoms. The van der Waals surface area contributed by atoms with Crippen molar-refractivity contribution in [3.63, 3.8) is 0 Å². The molecule has 1 saturated heterocycles. The van der Waals surface area contributed by atoms with E-state index in [1.54, 1.807) is 19.2 Å². The number of carbonyl (C=O) groups is 2. The number of benzene rings is 2. The van der Waals surface area contributed by atoms with E-state index in [1.807, 2.05) is 36.4 Å². The summed E-state index contributed by atoms with van der Waals surface area (Å²) in [6.07, 6.45) is 0.818. The number of amides is 2. The number of ether oxygens (including phenoxy) is 1. The molecule has 0 aliphatic carbocycles. The van der Waals surface area contributed by atoms with Crippen LogP contribution >= 0.6 is 11.6 Å². The van der Waals surface area contributed by atoms with E-state index in [4.69, 9.17) is 16.3 Å². The van der Waals surface area contributed by atoms with Gasteiger partial charge in [0, 0.05) is 11.4 Å². The number of carbonyl (C=O) groups excluding carboxylic acids is 2. The maximum Gasteiger partial charge on any atom is 0.233 e. The fourth-order valence-electron chi connectivity index (χ4n) is 2.90. The monoisotopic (exact) mass is 343 g/mol. The van der Waals surface area contributed by atoms with E-state index in [-0.39, 0.29) is 24.2 Å². The molecule has 0 spiro atoms. The topological polar surface area (TPSA) is 46.6 Å². The summed E-state index contributed by atoms with van der Waals surface area (Å²) in [6.45, 7) is 0.304. The molecule has 0 aromatic heterocycles. The minimum Gasteiger partial charge on any atom is -0.497 e. The number of rotatable bonds is 5. The van der Waals surface area contributed by atoms with E-state index in [2.05, 4.69) is 0 Å². The van der Waals surface area contributed by atoms with Crippen LogP contribution < -0.4 is 4.74 Å². The molecular formula is C19H18ClNO3. The average molecular weight is 344 g/mol. The molecule has 0 radical (unpaired) electrons. The van der Waals surface area contributed by atoms with Gasteiger partial charge in [0.25, 0.3) is 0 Å². The third kappa shape index (κ3) is 3.60. The summed E-state index contributed by atoms with van der Waals surface area (Å²) in [7, 11) is 1.60. The molecule has 0 bridgehead atoms. The lowest BCUT2D eigenvalue weighted by Crippen LogP contribution is -2.30. The summed E-state index contributed by atoms with van der Waals surface area (Å²) in [4.78, 5) is 26.1. The number of methoxy groups -OCH3 is 1. The van der Waals surface area contributed by atoms with Gasteiger partial charge in [-0.2, -0.15) is 0 Å². The van der Waals surface area contributed by atoms with Crippen LogP contribution in [0.4, 0.5) is 0 Å². The normalized spacial score (nSPS) is 17.4. The summed E-state index contributed by atoms with van der Waals surface area (Å²) in [6, 6.07) is 14.8. The Morgan fingerprint density at radius 3 is 2.29 bits per heavy atom. The summed E-state index contributed by atoms with van der Waals surface area (Å²) < 4.78 is 5.12. The highest BCUT2D eigenvalue weighted by molar-refractivity contribution is 6.30. The van der Waals surface area contributed by atoms with Gasteiger partial charge < -0.3 is 4.74 Å². The molecule has 2 aromatic carbocycles. The van der Waals surface area contributed by atoms with E-state index >= 15 is 0 Å². The molecule has 1 aliphatic heterocycles. The van der Waals surface area contributed by atoms with Crippen LogP contribution in [0.25, 0.3) is 0 Å². The highest BCUT2D eigenvalue weighted by atomic mass is 35.5. The Kier molecular flexibility index (Phi) is 4.86. The smallest absolute Gasteiger partial charge is 0.233 e. The van der Waals surface area contributed by atoms with Crippen molar-refractivity contribution in [2.24, 2.45) is 5.92 Å². The Morgan fingerprint density at radius 1 is 1.04 bits per heavy atom. The SMILES string of the molecule is COc1ccc(CN2C(=O)C[C@@H](Cc3ccc(Cl)cc3)C2=O)cc1. The predicted octanol–water partition coefficient (Wildman–Crippen LogP) is 3.47. The average Bonchev–Trinajstić information content (AvgIpc) is 2.85. The Labute approximate surface area is 146 Å². The second-order valence-corrected chi connectivity index (χ2v) is 6.33. The van der Waals surface area contributed by atoms with Crippen molar-refractivity contribution in [1.82, 2.24) is 4.90 Å². The zero-order valence-corrected chi connectivity index (χ0v) is 14.1. The standard InChI is InChI=1S/C19H18ClNO3/c1-24-17-8-4-14(5-9-17)12-21-18(22)11-15(19(21)23)10-13-2-6-16(20)7-3-13/h2-9,15H,10-12H2,1H3/t15-/m1/s1. The van der Waals surface area contributed by atoms with Crippen molar-refractivity contribution in [2.45, 2.75) is 19.4 Å². The highest BCUT2D eigenvalue weighted by Gasteiger charge is 2.38. The molecule has 2 aromatic rings. The van der Waals surface area contributed by atoms with Gasteiger partial charge in [-0.3, -0.25) is 14.5 Å². The summed E-state index contributed by atoms with van der Waals surface area (Å²) in [5.41, 5.74) is 1.92. The number of imide groups is 1. The van der Waals surface area contributed by atoms with Gasteiger partial charge in [0.05, 0.1) is 19.6 Å². The lowest BCUT2D eigenvalue weighted by Gasteiger charge is -2.15. The summed E-state index contributed by atoms with van der Waals surface area (Å²) >= 11 is 5.88. The number of hydrogen-bond acceptors (Lipinski definition) is 3. The molecular weight excluding hydrogens is 326 g/mol. The van der Waals surface area contributed by atoms with Crippen molar-refractivity contribution in [2.75, 3.05) is 7.11 Å². The molecule has 1 atom stereocenters. The molecule has 0 unspecified atom stereocenters. The lowest BCUT2D eigenvalue weighted by molar-refractivity contribution is -0.140. The largest absolute Gasteiger partial charge is 0.497 e. The first kappa shape index (κ1) is 16.5.